The van der Waals surface area contributed by atoms with Crippen LogP contribution in [-0.4, -0.2) is 6.04 Å². The average Bonchev–Trinajstić information content (AvgIpc) is 2.39. The monoisotopic (exact) mass is 309 g/mol. The van der Waals surface area contributed by atoms with Gasteiger partial charge in [-0.15, -0.1) is 0 Å². The molecule has 0 spiro atoms. The molecule has 4 saturated carbocycles. The van der Waals surface area contributed by atoms with Crippen molar-refractivity contribution in [3.8, 4) is 0 Å². The van der Waals surface area contributed by atoms with Crippen molar-refractivity contribution in [3.63, 3.8) is 0 Å². The van der Waals surface area contributed by atoms with Crippen LogP contribution in [0.3, 0.4) is 0 Å². The first kappa shape index (κ1) is 13.4. The van der Waals surface area contributed by atoms with Gasteiger partial charge in [0.2, 0.25) is 0 Å². The minimum absolute atomic E-state index is 0.716. The average molecular weight is 310 g/mol. The predicted octanol–water partition coefficient (Wildman–Crippen LogP) is 4.91. The number of benzene rings is 1. The largest absolute Gasteiger partial charge is 0.309 e. The van der Waals surface area contributed by atoms with E-state index in [1.807, 2.05) is 18.2 Å². The SMILES string of the molecule is Clc1ccc(CNC2C3CC4CC(C3)CC2C4)c(Cl)c1. The summed E-state index contributed by atoms with van der Waals surface area (Å²) in [6, 6.07) is 6.54. The van der Waals surface area contributed by atoms with Crippen molar-refractivity contribution < 1.29 is 0 Å². The molecule has 3 heteroatoms. The second-order valence-corrected chi connectivity index (χ2v) is 7.92. The standard InChI is InChI=1S/C17H21Cl2N/c18-15-2-1-12(16(19)8-15)9-20-17-13-4-10-3-11(6-13)7-14(17)5-10/h1-2,8,10-11,13-14,17,20H,3-7,9H2. The molecule has 1 aromatic rings. The zero-order chi connectivity index (χ0) is 13.7. The molecule has 1 nitrogen and oxygen atoms in total. The second-order valence-electron chi connectivity index (χ2n) is 7.07. The lowest BCUT2D eigenvalue weighted by atomic mass is 9.54. The summed E-state index contributed by atoms with van der Waals surface area (Å²) >= 11 is 12.2. The molecule has 0 heterocycles. The molecule has 5 rings (SSSR count). The quantitative estimate of drug-likeness (QED) is 0.836. The summed E-state index contributed by atoms with van der Waals surface area (Å²) in [5.41, 5.74) is 1.17. The van der Waals surface area contributed by atoms with Crippen LogP contribution in [0, 0.1) is 23.7 Å². The maximum Gasteiger partial charge on any atom is 0.0465 e. The Hall–Kier alpha value is -0.240. The van der Waals surface area contributed by atoms with Gasteiger partial charge in [0.25, 0.3) is 0 Å². The van der Waals surface area contributed by atoms with E-state index in [-0.39, 0.29) is 0 Å². The Morgan fingerprint density at radius 1 is 0.950 bits per heavy atom. The number of hydrogen-bond donors (Lipinski definition) is 1. The Kier molecular flexibility index (Phi) is 3.48. The highest BCUT2D eigenvalue weighted by Gasteiger charge is 2.47. The van der Waals surface area contributed by atoms with Crippen LogP contribution in [0.25, 0.3) is 0 Å². The van der Waals surface area contributed by atoms with E-state index in [0.717, 1.165) is 41.3 Å². The molecule has 1 aromatic carbocycles. The van der Waals surface area contributed by atoms with Crippen molar-refractivity contribution >= 4 is 23.2 Å². The lowest BCUT2D eigenvalue weighted by Gasteiger charge is -2.54. The lowest BCUT2D eigenvalue weighted by molar-refractivity contribution is -0.0142. The Balaban J connectivity index is 1.44. The molecule has 4 bridgehead atoms. The van der Waals surface area contributed by atoms with Gasteiger partial charge >= 0.3 is 0 Å². The minimum atomic E-state index is 0.716. The lowest BCUT2D eigenvalue weighted by Crippen LogP contribution is -2.54. The number of nitrogens with one attached hydrogen (secondary N) is 1. The molecule has 20 heavy (non-hydrogen) atoms. The Morgan fingerprint density at radius 2 is 1.60 bits per heavy atom. The summed E-state index contributed by atoms with van der Waals surface area (Å²) < 4.78 is 0. The molecule has 4 aliphatic rings. The maximum absolute atomic E-state index is 6.27. The number of hydrogen-bond acceptors (Lipinski definition) is 1. The van der Waals surface area contributed by atoms with Crippen molar-refractivity contribution in [2.24, 2.45) is 23.7 Å². The van der Waals surface area contributed by atoms with Crippen LogP contribution in [0.1, 0.15) is 37.7 Å². The van der Waals surface area contributed by atoms with E-state index in [1.165, 1.54) is 37.7 Å². The first-order chi connectivity index (χ1) is 9.69. The Morgan fingerprint density at radius 3 is 2.20 bits per heavy atom. The van der Waals surface area contributed by atoms with E-state index in [4.69, 9.17) is 23.2 Å². The maximum atomic E-state index is 6.27. The van der Waals surface area contributed by atoms with Gasteiger partial charge in [0, 0.05) is 22.6 Å². The first-order valence-electron chi connectivity index (χ1n) is 7.86. The smallest absolute Gasteiger partial charge is 0.0465 e. The first-order valence-corrected chi connectivity index (χ1v) is 8.62. The molecule has 108 valence electrons. The highest BCUT2D eigenvalue weighted by molar-refractivity contribution is 6.35. The third-order valence-corrected chi connectivity index (χ3v) is 6.36. The molecule has 0 saturated heterocycles. The third-order valence-electron chi connectivity index (χ3n) is 5.77. The molecule has 0 radical (unpaired) electrons. The molecule has 0 aliphatic heterocycles. The van der Waals surface area contributed by atoms with Gasteiger partial charge in [-0.3, -0.25) is 0 Å². The number of halogens is 2. The fraction of sp³-hybridized carbons (Fsp3) is 0.647. The molecule has 0 amide bonds. The van der Waals surface area contributed by atoms with Gasteiger partial charge in [-0.05, 0) is 73.5 Å². The molecule has 0 atom stereocenters. The highest BCUT2D eigenvalue weighted by Crippen LogP contribution is 2.53. The van der Waals surface area contributed by atoms with Gasteiger partial charge < -0.3 is 5.32 Å². The molecule has 1 N–H and O–H groups in total. The van der Waals surface area contributed by atoms with Crippen molar-refractivity contribution in [2.45, 2.75) is 44.7 Å². The van der Waals surface area contributed by atoms with Crippen LogP contribution >= 0.6 is 23.2 Å². The van der Waals surface area contributed by atoms with Gasteiger partial charge in [0.05, 0.1) is 0 Å². The fourth-order valence-corrected chi connectivity index (χ4v) is 5.63. The van der Waals surface area contributed by atoms with E-state index >= 15 is 0 Å². The highest BCUT2D eigenvalue weighted by atomic mass is 35.5. The van der Waals surface area contributed by atoms with Crippen molar-refractivity contribution in [1.29, 1.82) is 0 Å². The molecule has 4 fully saturated rings. The Labute approximate surface area is 131 Å². The summed E-state index contributed by atoms with van der Waals surface area (Å²) in [4.78, 5) is 0. The van der Waals surface area contributed by atoms with E-state index in [0.29, 0.717) is 5.02 Å². The number of rotatable bonds is 3. The molecular weight excluding hydrogens is 289 g/mol. The second kappa shape index (κ2) is 5.19. The summed E-state index contributed by atoms with van der Waals surface area (Å²) in [5, 5.41) is 5.32. The topological polar surface area (TPSA) is 12.0 Å². The van der Waals surface area contributed by atoms with E-state index < -0.39 is 0 Å². The van der Waals surface area contributed by atoms with Crippen molar-refractivity contribution in [2.75, 3.05) is 0 Å². The molecule has 0 aromatic heterocycles. The Bertz CT molecular complexity index is 486. The summed E-state index contributed by atoms with van der Waals surface area (Å²) in [6.45, 7) is 0.878. The van der Waals surface area contributed by atoms with Crippen LogP contribution in [0.5, 0.6) is 0 Å². The molecule has 4 aliphatic carbocycles. The normalized spacial score (nSPS) is 38.4. The zero-order valence-electron chi connectivity index (χ0n) is 11.6. The molecular formula is C17H21Cl2N. The van der Waals surface area contributed by atoms with E-state index in [9.17, 15) is 0 Å². The van der Waals surface area contributed by atoms with Crippen molar-refractivity contribution in [1.82, 2.24) is 5.32 Å². The van der Waals surface area contributed by atoms with Crippen LogP contribution in [-0.2, 0) is 6.54 Å². The van der Waals surface area contributed by atoms with E-state index in [1.54, 1.807) is 0 Å². The van der Waals surface area contributed by atoms with Gasteiger partial charge in [-0.25, -0.2) is 0 Å². The summed E-state index contributed by atoms with van der Waals surface area (Å²) in [5.74, 6) is 3.90. The predicted molar refractivity (Wildman–Crippen MR) is 84.1 cm³/mol. The molecule has 0 unspecified atom stereocenters. The third kappa shape index (κ3) is 2.38. The van der Waals surface area contributed by atoms with Crippen LogP contribution in [0.15, 0.2) is 18.2 Å². The van der Waals surface area contributed by atoms with E-state index in [2.05, 4.69) is 5.32 Å². The minimum Gasteiger partial charge on any atom is -0.309 e. The van der Waals surface area contributed by atoms with Crippen LogP contribution in [0.4, 0.5) is 0 Å². The van der Waals surface area contributed by atoms with Crippen LogP contribution in [0.2, 0.25) is 10.0 Å². The summed E-state index contributed by atoms with van der Waals surface area (Å²) in [6.07, 6.45) is 7.35. The van der Waals surface area contributed by atoms with Gasteiger partial charge in [0.1, 0.15) is 0 Å². The van der Waals surface area contributed by atoms with Gasteiger partial charge in [-0.1, -0.05) is 29.3 Å². The van der Waals surface area contributed by atoms with Crippen LogP contribution < -0.4 is 5.32 Å². The summed E-state index contributed by atoms with van der Waals surface area (Å²) in [7, 11) is 0. The zero-order valence-corrected chi connectivity index (χ0v) is 13.1. The van der Waals surface area contributed by atoms with Gasteiger partial charge in [-0.2, -0.15) is 0 Å². The van der Waals surface area contributed by atoms with Gasteiger partial charge in [0.15, 0.2) is 0 Å². The fourth-order valence-electron chi connectivity index (χ4n) is 5.15. The van der Waals surface area contributed by atoms with Crippen molar-refractivity contribution in [3.05, 3.63) is 33.8 Å².